The van der Waals surface area contributed by atoms with Crippen LogP contribution in [0.15, 0.2) is 78.9 Å². The Morgan fingerprint density at radius 2 is 1.48 bits per heavy atom. The molecule has 7 heteroatoms. The molecule has 7 nitrogen and oxygen atoms in total. The van der Waals surface area contributed by atoms with E-state index in [0.717, 1.165) is 5.56 Å². The number of phenols is 1. The van der Waals surface area contributed by atoms with Crippen LogP contribution in [-0.2, 0) is 11.4 Å². The molecule has 3 rings (SSSR count). The Labute approximate surface area is 167 Å². The lowest BCUT2D eigenvalue weighted by Crippen LogP contribution is -2.43. The summed E-state index contributed by atoms with van der Waals surface area (Å²) < 4.78 is 11.1. The molecule has 3 aromatic carbocycles. The lowest BCUT2D eigenvalue weighted by molar-refractivity contribution is -0.123. The van der Waals surface area contributed by atoms with Gasteiger partial charge in [0.05, 0.1) is 0 Å². The van der Waals surface area contributed by atoms with E-state index < -0.39 is 11.8 Å². The van der Waals surface area contributed by atoms with Crippen molar-refractivity contribution in [2.75, 3.05) is 6.61 Å². The number of hydrazine groups is 1. The fraction of sp³-hybridized carbons (Fsp3) is 0.0909. The topological polar surface area (TPSA) is 96.9 Å². The number of rotatable bonds is 7. The minimum absolute atomic E-state index is 0.0384. The summed E-state index contributed by atoms with van der Waals surface area (Å²) in [5.74, 6) is 0.0659. The molecular formula is C22H20N2O5. The second-order valence-corrected chi connectivity index (χ2v) is 6.09. The van der Waals surface area contributed by atoms with E-state index in [9.17, 15) is 14.7 Å². The van der Waals surface area contributed by atoms with E-state index in [4.69, 9.17) is 9.47 Å². The summed E-state index contributed by atoms with van der Waals surface area (Å²) in [7, 11) is 0. The fourth-order valence-corrected chi connectivity index (χ4v) is 2.40. The van der Waals surface area contributed by atoms with Crippen LogP contribution in [0.1, 0.15) is 15.9 Å². The number of carbonyl (C=O) groups excluding carboxylic acids is 2. The molecule has 0 unspecified atom stereocenters. The first-order chi connectivity index (χ1) is 14.1. The zero-order valence-corrected chi connectivity index (χ0v) is 15.5. The standard InChI is InChI=1S/C22H20N2O5/c25-18-8-4-7-17(13-18)22(27)24-23-21(26)15-29-20-11-9-19(10-12-20)28-14-16-5-2-1-3-6-16/h1-13,25H,14-15H2,(H,23,26)(H,24,27). The molecule has 3 aromatic rings. The second-order valence-electron chi connectivity index (χ2n) is 6.09. The van der Waals surface area contributed by atoms with Crippen LogP contribution >= 0.6 is 0 Å². The van der Waals surface area contributed by atoms with Gasteiger partial charge in [0.15, 0.2) is 6.61 Å². The van der Waals surface area contributed by atoms with E-state index in [2.05, 4.69) is 10.9 Å². The molecule has 29 heavy (non-hydrogen) atoms. The van der Waals surface area contributed by atoms with E-state index in [0.29, 0.717) is 18.1 Å². The number of hydrogen-bond acceptors (Lipinski definition) is 5. The van der Waals surface area contributed by atoms with Gasteiger partial charge < -0.3 is 14.6 Å². The number of amides is 2. The number of nitrogens with one attached hydrogen (secondary N) is 2. The first kappa shape index (κ1) is 19.8. The lowest BCUT2D eigenvalue weighted by atomic mass is 10.2. The molecule has 0 spiro atoms. The monoisotopic (exact) mass is 392 g/mol. The van der Waals surface area contributed by atoms with Crippen molar-refractivity contribution in [1.82, 2.24) is 10.9 Å². The van der Waals surface area contributed by atoms with Gasteiger partial charge in [-0.15, -0.1) is 0 Å². The van der Waals surface area contributed by atoms with E-state index in [1.165, 1.54) is 24.3 Å². The Morgan fingerprint density at radius 1 is 0.793 bits per heavy atom. The molecule has 0 aromatic heterocycles. The summed E-state index contributed by atoms with van der Waals surface area (Å²) in [4.78, 5) is 23.7. The summed E-state index contributed by atoms with van der Waals surface area (Å²) in [6, 6.07) is 22.5. The van der Waals surface area contributed by atoms with E-state index in [-0.39, 0.29) is 17.9 Å². The quantitative estimate of drug-likeness (QED) is 0.537. The Hall–Kier alpha value is -4.00. The van der Waals surface area contributed by atoms with Crippen molar-refractivity contribution in [2.24, 2.45) is 0 Å². The molecule has 0 heterocycles. The highest BCUT2D eigenvalue weighted by Gasteiger charge is 2.08. The molecule has 0 fully saturated rings. The summed E-state index contributed by atoms with van der Waals surface area (Å²) in [6.45, 7) is 0.187. The van der Waals surface area contributed by atoms with Crippen molar-refractivity contribution >= 4 is 11.8 Å². The van der Waals surface area contributed by atoms with Gasteiger partial charge in [0.1, 0.15) is 23.9 Å². The summed E-state index contributed by atoms with van der Waals surface area (Å²) >= 11 is 0. The van der Waals surface area contributed by atoms with Gasteiger partial charge in [0, 0.05) is 5.56 Å². The second kappa shape index (κ2) is 9.80. The Kier molecular flexibility index (Phi) is 6.67. The molecule has 0 aliphatic rings. The molecule has 3 N–H and O–H groups in total. The highest BCUT2D eigenvalue weighted by molar-refractivity contribution is 5.95. The van der Waals surface area contributed by atoms with Crippen molar-refractivity contribution in [3.63, 3.8) is 0 Å². The molecule has 0 radical (unpaired) electrons. The molecule has 0 aliphatic heterocycles. The van der Waals surface area contributed by atoms with Gasteiger partial charge in [-0.05, 0) is 48.0 Å². The van der Waals surface area contributed by atoms with Crippen LogP contribution in [0.4, 0.5) is 0 Å². The third kappa shape index (κ3) is 6.28. The predicted molar refractivity (Wildman–Crippen MR) is 106 cm³/mol. The first-order valence-electron chi connectivity index (χ1n) is 8.88. The zero-order valence-electron chi connectivity index (χ0n) is 15.5. The minimum Gasteiger partial charge on any atom is -0.508 e. The number of phenolic OH excluding ortho intramolecular Hbond substituents is 1. The third-order valence-electron chi connectivity index (χ3n) is 3.87. The molecule has 0 atom stereocenters. The largest absolute Gasteiger partial charge is 0.508 e. The van der Waals surface area contributed by atoms with Gasteiger partial charge in [-0.25, -0.2) is 0 Å². The average Bonchev–Trinajstić information content (AvgIpc) is 2.76. The van der Waals surface area contributed by atoms with E-state index in [1.54, 1.807) is 24.3 Å². The molecule has 148 valence electrons. The summed E-state index contributed by atoms with van der Waals surface area (Å²) in [6.07, 6.45) is 0. The first-order valence-corrected chi connectivity index (χ1v) is 8.88. The SMILES string of the molecule is O=C(COc1ccc(OCc2ccccc2)cc1)NNC(=O)c1cccc(O)c1. The average molecular weight is 392 g/mol. The van der Waals surface area contributed by atoms with Gasteiger partial charge in [-0.2, -0.15) is 0 Å². The molecule has 0 saturated heterocycles. The summed E-state index contributed by atoms with van der Waals surface area (Å²) in [5, 5.41) is 9.36. The van der Waals surface area contributed by atoms with E-state index in [1.807, 2.05) is 30.3 Å². The Bertz CT molecular complexity index is 958. The molecule has 2 amide bonds. The van der Waals surface area contributed by atoms with Gasteiger partial charge >= 0.3 is 0 Å². The lowest BCUT2D eigenvalue weighted by Gasteiger charge is -2.10. The van der Waals surface area contributed by atoms with E-state index >= 15 is 0 Å². The summed E-state index contributed by atoms with van der Waals surface area (Å²) in [5.41, 5.74) is 5.79. The van der Waals surface area contributed by atoms with Gasteiger partial charge in [0.2, 0.25) is 0 Å². The Morgan fingerprint density at radius 3 is 2.17 bits per heavy atom. The van der Waals surface area contributed by atoms with Crippen LogP contribution in [0.3, 0.4) is 0 Å². The van der Waals surface area contributed by atoms with Crippen LogP contribution < -0.4 is 20.3 Å². The van der Waals surface area contributed by atoms with Gasteiger partial charge in [-0.1, -0.05) is 36.4 Å². The van der Waals surface area contributed by atoms with Crippen LogP contribution in [0.5, 0.6) is 17.2 Å². The third-order valence-corrected chi connectivity index (χ3v) is 3.87. The van der Waals surface area contributed by atoms with Crippen molar-refractivity contribution in [1.29, 1.82) is 0 Å². The van der Waals surface area contributed by atoms with Crippen molar-refractivity contribution in [2.45, 2.75) is 6.61 Å². The maximum Gasteiger partial charge on any atom is 0.276 e. The number of hydrogen-bond donors (Lipinski definition) is 3. The zero-order chi connectivity index (χ0) is 20.5. The minimum atomic E-state index is -0.547. The van der Waals surface area contributed by atoms with Crippen molar-refractivity contribution in [3.8, 4) is 17.2 Å². The van der Waals surface area contributed by atoms with Crippen LogP contribution in [0, 0.1) is 0 Å². The molecule has 0 aliphatic carbocycles. The number of aromatic hydroxyl groups is 1. The van der Waals surface area contributed by atoms with Crippen molar-refractivity contribution in [3.05, 3.63) is 90.0 Å². The smallest absolute Gasteiger partial charge is 0.276 e. The van der Waals surface area contributed by atoms with Gasteiger partial charge in [0.25, 0.3) is 11.8 Å². The fourth-order valence-electron chi connectivity index (χ4n) is 2.40. The predicted octanol–water partition coefficient (Wildman–Crippen LogP) is 2.81. The molecule has 0 saturated carbocycles. The Balaban J connectivity index is 1.40. The van der Waals surface area contributed by atoms with Gasteiger partial charge in [-0.3, -0.25) is 20.4 Å². The molecular weight excluding hydrogens is 372 g/mol. The number of ether oxygens (including phenoxy) is 2. The number of carbonyl (C=O) groups is 2. The normalized spacial score (nSPS) is 10.1. The highest BCUT2D eigenvalue weighted by atomic mass is 16.5. The van der Waals surface area contributed by atoms with Crippen molar-refractivity contribution < 1.29 is 24.2 Å². The maximum absolute atomic E-state index is 11.9. The number of benzene rings is 3. The maximum atomic E-state index is 11.9. The van der Waals surface area contributed by atoms with Crippen LogP contribution in [-0.4, -0.2) is 23.5 Å². The van der Waals surface area contributed by atoms with Crippen LogP contribution in [0.25, 0.3) is 0 Å². The van der Waals surface area contributed by atoms with Crippen LogP contribution in [0.2, 0.25) is 0 Å². The highest BCUT2D eigenvalue weighted by Crippen LogP contribution is 2.18. The molecule has 0 bridgehead atoms.